The lowest BCUT2D eigenvalue weighted by Crippen LogP contribution is -2.37. The van der Waals surface area contributed by atoms with Crippen molar-refractivity contribution >= 4 is 44.9 Å². The molecule has 0 fully saturated rings. The normalized spacial score (nSPS) is 17.1. The number of anilines is 1. The molecule has 1 aliphatic carbocycles. The standard InChI is InChI=1S/C30H31N3O2S2/c1-18-13-14-23(19(2)15-18)33-29(35)27-22-10-5-4-6-12-25(22)37-28(27)31-30(33)36-17-26(34)32-20(3)16-21-9-7-8-11-24(21)32/h7-9,11,13-15,20H,4-6,10,12,16-17H2,1-3H3/t20-/m1/s1. The maximum atomic E-state index is 14.2. The lowest BCUT2D eigenvalue weighted by atomic mass is 10.1. The lowest BCUT2D eigenvalue weighted by molar-refractivity contribution is -0.116. The van der Waals surface area contributed by atoms with Crippen LogP contribution in [0, 0.1) is 13.8 Å². The predicted octanol–water partition coefficient (Wildman–Crippen LogP) is 6.40. The van der Waals surface area contributed by atoms with E-state index in [4.69, 9.17) is 4.98 Å². The Balaban J connectivity index is 1.43. The number of carbonyl (C=O) groups is 1. The third-order valence-corrected chi connectivity index (χ3v) is 9.71. The second kappa shape index (κ2) is 9.76. The number of benzene rings is 2. The second-order valence-electron chi connectivity index (χ2n) is 10.3. The van der Waals surface area contributed by atoms with E-state index in [9.17, 15) is 9.59 Å². The lowest BCUT2D eigenvalue weighted by Gasteiger charge is -2.23. The van der Waals surface area contributed by atoms with E-state index >= 15 is 0 Å². The molecule has 0 radical (unpaired) electrons. The first kappa shape index (κ1) is 24.4. The first-order valence-corrected chi connectivity index (χ1v) is 14.9. The summed E-state index contributed by atoms with van der Waals surface area (Å²) in [4.78, 5) is 36.7. The van der Waals surface area contributed by atoms with Crippen molar-refractivity contribution in [3.63, 3.8) is 0 Å². The summed E-state index contributed by atoms with van der Waals surface area (Å²) in [6.45, 7) is 6.19. The summed E-state index contributed by atoms with van der Waals surface area (Å²) >= 11 is 3.04. The number of thiophene rings is 1. The van der Waals surface area contributed by atoms with Crippen LogP contribution in [0.2, 0.25) is 0 Å². The summed E-state index contributed by atoms with van der Waals surface area (Å²) in [5.41, 5.74) is 6.42. The van der Waals surface area contributed by atoms with Crippen molar-refractivity contribution in [1.29, 1.82) is 0 Å². The van der Waals surface area contributed by atoms with Crippen molar-refractivity contribution in [2.45, 2.75) is 70.5 Å². The van der Waals surface area contributed by atoms with Gasteiger partial charge in [-0.05, 0) is 81.7 Å². The number of thioether (sulfide) groups is 1. The van der Waals surface area contributed by atoms with Crippen molar-refractivity contribution in [2.75, 3.05) is 10.7 Å². The molecule has 0 spiro atoms. The topological polar surface area (TPSA) is 55.2 Å². The van der Waals surface area contributed by atoms with Crippen LogP contribution in [0.3, 0.4) is 0 Å². The number of hydrogen-bond acceptors (Lipinski definition) is 5. The Morgan fingerprint density at radius 3 is 2.73 bits per heavy atom. The summed E-state index contributed by atoms with van der Waals surface area (Å²) in [6.07, 6.45) is 6.31. The maximum absolute atomic E-state index is 14.2. The molecule has 2 aromatic heterocycles. The van der Waals surface area contributed by atoms with E-state index in [2.05, 4.69) is 26.0 Å². The highest BCUT2D eigenvalue weighted by atomic mass is 32.2. The van der Waals surface area contributed by atoms with Gasteiger partial charge in [0.2, 0.25) is 5.91 Å². The van der Waals surface area contributed by atoms with Gasteiger partial charge in [0.15, 0.2) is 5.16 Å². The van der Waals surface area contributed by atoms with Gasteiger partial charge in [-0.25, -0.2) is 4.98 Å². The maximum Gasteiger partial charge on any atom is 0.267 e. The van der Waals surface area contributed by atoms with Gasteiger partial charge in [-0.15, -0.1) is 11.3 Å². The summed E-state index contributed by atoms with van der Waals surface area (Å²) in [6, 6.07) is 14.4. The fraction of sp³-hybridized carbons (Fsp3) is 0.367. The molecule has 7 heteroatoms. The highest BCUT2D eigenvalue weighted by Crippen LogP contribution is 2.36. The van der Waals surface area contributed by atoms with Crippen molar-refractivity contribution in [1.82, 2.24) is 9.55 Å². The van der Waals surface area contributed by atoms with Crippen LogP contribution in [0.15, 0.2) is 52.4 Å². The monoisotopic (exact) mass is 529 g/mol. The number of amides is 1. The van der Waals surface area contributed by atoms with Crippen molar-refractivity contribution in [2.24, 2.45) is 0 Å². The molecule has 0 saturated carbocycles. The third kappa shape index (κ3) is 4.32. The first-order chi connectivity index (χ1) is 17.9. The van der Waals surface area contributed by atoms with Gasteiger partial charge in [0.05, 0.1) is 16.8 Å². The Labute approximate surface area is 225 Å². The van der Waals surface area contributed by atoms with E-state index < -0.39 is 0 Å². The smallest absolute Gasteiger partial charge is 0.267 e. The Hall–Kier alpha value is -2.90. The van der Waals surface area contributed by atoms with Crippen LogP contribution in [-0.4, -0.2) is 27.3 Å². The number of carbonyl (C=O) groups excluding carboxylic acids is 1. The molecule has 37 heavy (non-hydrogen) atoms. The van der Waals surface area contributed by atoms with Gasteiger partial charge in [-0.2, -0.15) is 0 Å². The zero-order valence-electron chi connectivity index (χ0n) is 21.5. The van der Waals surface area contributed by atoms with Crippen LogP contribution in [0.25, 0.3) is 15.9 Å². The number of fused-ring (bicyclic) bond motifs is 4. The number of para-hydroxylation sites is 1. The van der Waals surface area contributed by atoms with Crippen LogP contribution in [0.1, 0.15) is 53.3 Å². The molecule has 1 atom stereocenters. The quantitative estimate of drug-likeness (QED) is 0.174. The van der Waals surface area contributed by atoms with Gasteiger partial charge in [0.25, 0.3) is 5.56 Å². The van der Waals surface area contributed by atoms with Crippen LogP contribution < -0.4 is 10.5 Å². The molecule has 2 aliphatic rings. The minimum absolute atomic E-state index is 0.00816. The molecule has 1 amide bonds. The number of hydrogen-bond donors (Lipinski definition) is 0. The van der Waals surface area contributed by atoms with E-state index in [-0.39, 0.29) is 23.3 Å². The number of rotatable bonds is 4. The molecule has 0 saturated heterocycles. The number of aromatic nitrogens is 2. The van der Waals surface area contributed by atoms with Gasteiger partial charge < -0.3 is 4.90 Å². The van der Waals surface area contributed by atoms with Crippen LogP contribution in [-0.2, 0) is 24.1 Å². The molecule has 4 aromatic rings. The van der Waals surface area contributed by atoms with Crippen molar-refractivity contribution in [3.8, 4) is 5.69 Å². The molecule has 6 rings (SSSR count). The van der Waals surface area contributed by atoms with Crippen LogP contribution >= 0.6 is 23.1 Å². The minimum atomic E-state index is -0.00816. The van der Waals surface area contributed by atoms with E-state index in [0.717, 1.165) is 64.8 Å². The van der Waals surface area contributed by atoms with Crippen molar-refractivity contribution < 1.29 is 4.79 Å². The summed E-state index contributed by atoms with van der Waals surface area (Å²) in [5, 5.41) is 1.37. The fourth-order valence-corrected chi connectivity index (χ4v) is 8.04. The third-order valence-electron chi connectivity index (χ3n) is 7.60. The SMILES string of the molecule is Cc1ccc(-n2c(SCC(=O)N3c4ccccc4C[C@H]3C)nc3sc4c(c3c2=O)CCCCC4)c(C)c1. The van der Waals surface area contributed by atoms with E-state index in [1.807, 2.05) is 42.2 Å². The molecule has 2 aromatic carbocycles. The molecule has 3 heterocycles. The molecule has 0 bridgehead atoms. The Kier molecular flexibility index (Phi) is 6.45. The van der Waals surface area contributed by atoms with Gasteiger partial charge in [0, 0.05) is 16.6 Å². The molecular formula is C30H31N3O2S2. The molecule has 0 unspecified atom stereocenters. The summed E-state index contributed by atoms with van der Waals surface area (Å²) in [5.74, 6) is 0.276. The van der Waals surface area contributed by atoms with Gasteiger partial charge in [-0.1, -0.05) is 54.1 Å². The van der Waals surface area contributed by atoms with Crippen LogP contribution in [0.4, 0.5) is 5.69 Å². The highest BCUT2D eigenvalue weighted by Gasteiger charge is 2.31. The molecule has 190 valence electrons. The minimum Gasteiger partial charge on any atom is -0.308 e. The largest absolute Gasteiger partial charge is 0.308 e. The van der Waals surface area contributed by atoms with E-state index in [1.165, 1.54) is 34.2 Å². The fourth-order valence-electron chi connectivity index (χ4n) is 5.87. The zero-order chi connectivity index (χ0) is 25.7. The van der Waals surface area contributed by atoms with Gasteiger partial charge in [0.1, 0.15) is 4.83 Å². The number of nitrogens with zero attached hydrogens (tertiary/aromatic N) is 3. The Morgan fingerprint density at radius 1 is 1.08 bits per heavy atom. The van der Waals surface area contributed by atoms with Gasteiger partial charge >= 0.3 is 0 Å². The molecule has 5 nitrogen and oxygen atoms in total. The number of aryl methyl sites for hydroxylation is 4. The second-order valence-corrected chi connectivity index (χ2v) is 12.3. The Morgan fingerprint density at radius 2 is 1.89 bits per heavy atom. The molecular weight excluding hydrogens is 498 g/mol. The summed E-state index contributed by atoms with van der Waals surface area (Å²) in [7, 11) is 0. The van der Waals surface area contributed by atoms with E-state index in [0.29, 0.717) is 5.16 Å². The van der Waals surface area contributed by atoms with Gasteiger partial charge in [-0.3, -0.25) is 14.2 Å². The van der Waals surface area contributed by atoms with Crippen LogP contribution in [0.5, 0.6) is 0 Å². The Bertz CT molecular complexity index is 1590. The van der Waals surface area contributed by atoms with E-state index in [1.54, 1.807) is 15.9 Å². The zero-order valence-corrected chi connectivity index (χ0v) is 23.2. The highest BCUT2D eigenvalue weighted by molar-refractivity contribution is 7.99. The average molecular weight is 530 g/mol. The molecule has 0 N–H and O–H groups in total. The predicted molar refractivity (Wildman–Crippen MR) is 154 cm³/mol. The van der Waals surface area contributed by atoms with Crippen molar-refractivity contribution in [3.05, 3.63) is 79.9 Å². The first-order valence-electron chi connectivity index (χ1n) is 13.1. The average Bonchev–Trinajstić information content (AvgIpc) is 3.30. The summed E-state index contributed by atoms with van der Waals surface area (Å²) < 4.78 is 1.76. The molecule has 1 aliphatic heterocycles.